The van der Waals surface area contributed by atoms with Crippen molar-refractivity contribution in [2.75, 3.05) is 33.8 Å². The van der Waals surface area contributed by atoms with Crippen molar-refractivity contribution in [3.05, 3.63) is 66.4 Å². The molecule has 1 amide bonds. The second kappa shape index (κ2) is 8.73. The molecule has 0 spiro atoms. The van der Waals surface area contributed by atoms with Crippen LogP contribution in [0.25, 0.3) is 11.3 Å². The van der Waals surface area contributed by atoms with Gasteiger partial charge in [-0.1, -0.05) is 12.1 Å². The van der Waals surface area contributed by atoms with E-state index in [2.05, 4.69) is 20.0 Å². The molecule has 3 aromatic rings. The second-order valence-electron chi connectivity index (χ2n) is 7.73. The van der Waals surface area contributed by atoms with E-state index in [0.717, 1.165) is 16.8 Å². The third kappa shape index (κ3) is 4.24. The minimum absolute atomic E-state index is 0.0263. The number of carbonyl (C=O) groups is 1. The number of benzene rings is 1. The summed E-state index contributed by atoms with van der Waals surface area (Å²) in [4.78, 5) is 26.1. The first-order valence-corrected chi connectivity index (χ1v) is 9.95. The van der Waals surface area contributed by atoms with Crippen molar-refractivity contribution in [2.24, 2.45) is 7.05 Å². The highest BCUT2D eigenvalue weighted by atomic mass is 16.5. The highest BCUT2D eigenvalue weighted by Gasteiger charge is 2.37. The Labute approximate surface area is 176 Å². The van der Waals surface area contributed by atoms with E-state index >= 15 is 0 Å². The number of likely N-dealkylation sites (N-methyl/N-ethyl adjacent to an activating group) is 1. The van der Waals surface area contributed by atoms with Crippen molar-refractivity contribution < 1.29 is 9.53 Å². The van der Waals surface area contributed by atoms with Crippen LogP contribution < -0.4 is 0 Å². The van der Waals surface area contributed by atoms with E-state index in [-0.39, 0.29) is 18.1 Å². The third-order valence-electron chi connectivity index (χ3n) is 5.19. The molecule has 0 N–H and O–H groups in total. The number of morpholine rings is 1. The molecule has 1 aromatic carbocycles. The molecule has 0 unspecified atom stereocenters. The number of ether oxygens (including phenoxy) is 1. The molecule has 156 valence electrons. The Balaban J connectivity index is 1.67. The molecule has 1 aliphatic rings. The zero-order valence-electron chi connectivity index (χ0n) is 17.5. The summed E-state index contributed by atoms with van der Waals surface area (Å²) < 4.78 is 7.84. The zero-order chi connectivity index (χ0) is 21.1. The first-order chi connectivity index (χ1) is 14.5. The zero-order valence-corrected chi connectivity index (χ0v) is 17.5. The predicted octanol–water partition coefficient (Wildman–Crippen LogP) is 2.02. The Bertz CT molecular complexity index is 1000. The fourth-order valence-corrected chi connectivity index (χ4v) is 3.89. The van der Waals surface area contributed by atoms with Gasteiger partial charge >= 0.3 is 0 Å². The van der Waals surface area contributed by atoms with Gasteiger partial charge in [0.05, 0.1) is 36.8 Å². The molecular weight excluding hydrogens is 380 g/mol. The fraction of sp³-hybridized carbons (Fsp3) is 0.364. The van der Waals surface area contributed by atoms with Crippen molar-refractivity contribution in [3.63, 3.8) is 0 Å². The molecular formula is C22H26N6O2. The molecule has 0 radical (unpaired) electrons. The number of amides is 1. The first kappa shape index (κ1) is 20.2. The largest absolute Gasteiger partial charge is 0.373 e. The van der Waals surface area contributed by atoms with Crippen LogP contribution in [0, 0.1) is 0 Å². The highest BCUT2D eigenvalue weighted by molar-refractivity contribution is 5.95. The van der Waals surface area contributed by atoms with Crippen molar-refractivity contribution >= 4 is 5.91 Å². The summed E-state index contributed by atoms with van der Waals surface area (Å²) >= 11 is 0. The SMILES string of the molecule is CN(C)C[C@@H]1OCCN(C(=O)c2cccc(-c3cnccn3)c2)[C@H]1c1cnn(C)c1. The van der Waals surface area contributed by atoms with Crippen LogP contribution in [-0.2, 0) is 11.8 Å². The minimum Gasteiger partial charge on any atom is -0.373 e. The fourth-order valence-electron chi connectivity index (χ4n) is 3.89. The molecule has 1 saturated heterocycles. The summed E-state index contributed by atoms with van der Waals surface area (Å²) in [5.41, 5.74) is 3.20. The lowest BCUT2D eigenvalue weighted by Gasteiger charge is -2.41. The summed E-state index contributed by atoms with van der Waals surface area (Å²) in [5.74, 6) is -0.0263. The summed E-state index contributed by atoms with van der Waals surface area (Å²) in [6.07, 6.45) is 8.62. The van der Waals surface area contributed by atoms with Crippen molar-refractivity contribution in [1.82, 2.24) is 29.5 Å². The summed E-state index contributed by atoms with van der Waals surface area (Å²) in [6, 6.07) is 7.34. The van der Waals surface area contributed by atoms with Gasteiger partial charge in [0.2, 0.25) is 0 Å². The van der Waals surface area contributed by atoms with E-state index in [1.54, 1.807) is 23.3 Å². The van der Waals surface area contributed by atoms with Crippen LogP contribution in [0.4, 0.5) is 0 Å². The summed E-state index contributed by atoms with van der Waals surface area (Å²) in [7, 11) is 5.90. The quantitative estimate of drug-likeness (QED) is 0.645. The molecule has 4 rings (SSSR count). The molecule has 0 aliphatic carbocycles. The molecule has 0 saturated carbocycles. The van der Waals surface area contributed by atoms with E-state index in [0.29, 0.717) is 25.3 Å². The van der Waals surface area contributed by atoms with Gasteiger partial charge in [0, 0.05) is 55.4 Å². The average Bonchev–Trinajstić information content (AvgIpc) is 3.19. The van der Waals surface area contributed by atoms with Crippen molar-refractivity contribution in [2.45, 2.75) is 12.1 Å². The van der Waals surface area contributed by atoms with E-state index in [9.17, 15) is 4.79 Å². The van der Waals surface area contributed by atoms with Gasteiger partial charge in [-0.3, -0.25) is 19.4 Å². The van der Waals surface area contributed by atoms with Crippen molar-refractivity contribution in [1.29, 1.82) is 0 Å². The Kier molecular flexibility index (Phi) is 5.87. The minimum atomic E-state index is -0.206. The molecule has 8 heteroatoms. The standard InChI is InChI=1S/C22H26N6O2/c1-26(2)15-20-21(18-12-25-27(3)14-18)28(9-10-30-20)22(29)17-6-4-5-16(11-17)19-13-23-7-8-24-19/h4-8,11-14,20-21H,9-10,15H2,1-3H3/t20-,21-/m0/s1. The van der Waals surface area contributed by atoms with Crippen LogP contribution in [-0.4, -0.2) is 75.4 Å². The van der Waals surface area contributed by atoms with Gasteiger partial charge in [-0.15, -0.1) is 0 Å². The number of aryl methyl sites for hydroxylation is 1. The Morgan fingerprint density at radius 1 is 1.27 bits per heavy atom. The Morgan fingerprint density at radius 2 is 2.13 bits per heavy atom. The summed E-state index contributed by atoms with van der Waals surface area (Å²) in [5, 5.41) is 4.32. The van der Waals surface area contributed by atoms with Crippen LogP contribution in [0.1, 0.15) is 22.0 Å². The topological polar surface area (TPSA) is 76.4 Å². The molecule has 2 aromatic heterocycles. The summed E-state index contributed by atoms with van der Waals surface area (Å²) in [6.45, 7) is 1.74. The number of carbonyl (C=O) groups excluding carboxylic acids is 1. The number of nitrogens with zero attached hydrogens (tertiary/aromatic N) is 6. The maximum atomic E-state index is 13.6. The van der Waals surface area contributed by atoms with Gasteiger partial charge in [0.15, 0.2) is 0 Å². The van der Waals surface area contributed by atoms with E-state index in [1.165, 1.54) is 0 Å². The molecule has 2 atom stereocenters. The first-order valence-electron chi connectivity index (χ1n) is 9.95. The number of hydrogen-bond donors (Lipinski definition) is 0. The second-order valence-corrected chi connectivity index (χ2v) is 7.73. The average molecular weight is 406 g/mol. The van der Waals surface area contributed by atoms with Gasteiger partial charge in [0.25, 0.3) is 5.91 Å². The lowest BCUT2D eigenvalue weighted by Crippen LogP contribution is -2.51. The van der Waals surface area contributed by atoms with Crippen LogP contribution in [0.15, 0.2) is 55.2 Å². The van der Waals surface area contributed by atoms with Gasteiger partial charge < -0.3 is 14.5 Å². The molecule has 8 nitrogen and oxygen atoms in total. The van der Waals surface area contributed by atoms with Crippen molar-refractivity contribution in [3.8, 4) is 11.3 Å². The van der Waals surface area contributed by atoms with Gasteiger partial charge in [-0.2, -0.15) is 5.10 Å². The van der Waals surface area contributed by atoms with E-state index < -0.39 is 0 Å². The number of hydrogen-bond acceptors (Lipinski definition) is 6. The van der Waals surface area contributed by atoms with Crippen LogP contribution in [0.5, 0.6) is 0 Å². The number of aromatic nitrogens is 4. The monoisotopic (exact) mass is 406 g/mol. The lowest BCUT2D eigenvalue weighted by molar-refractivity contribution is -0.0684. The number of rotatable bonds is 5. The molecule has 30 heavy (non-hydrogen) atoms. The smallest absolute Gasteiger partial charge is 0.254 e. The van der Waals surface area contributed by atoms with Crippen LogP contribution in [0.3, 0.4) is 0 Å². The lowest BCUT2D eigenvalue weighted by atomic mass is 9.98. The van der Waals surface area contributed by atoms with Gasteiger partial charge in [0.1, 0.15) is 0 Å². The van der Waals surface area contributed by atoms with Gasteiger partial charge in [-0.05, 0) is 26.2 Å². The van der Waals surface area contributed by atoms with E-state index in [4.69, 9.17) is 4.74 Å². The molecule has 1 aliphatic heterocycles. The normalized spacial score (nSPS) is 19.3. The predicted molar refractivity (Wildman–Crippen MR) is 113 cm³/mol. The van der Waals surface area contributed by atoms with Crippen LogP contribution in [0.2, 0.25) is 0 Å². The molecule has 3 heterocycles. The Morgan fingerprint density at radius 3 is 2.83 bits per heavy atom. The third-order valence-corrected chi connectivity index (χ3v) is 5.19. The maximum absolute atomic E-state index is 13.6. The molecule has 1 fully saturated rings. The maximum Gasteiger partial charge on any atom is 0.254 e. The van der Waals surface area contributed by atoms with E-state index in [1.807, 2.05) is 62.7 Å². The highest BCUT2D eigenvalue weighted by Crippen LogP contribution is 2.31. The van der Waals surface area contributed by atoms with Crippen LogP contribution >= 0.6 is 0 Å². The van der Waals surface area contributed by atoms with Gasteiger partial charge in [-0.25, -0.2) is 0 Å². The Hall–Kier alpha value is -3.10. The molecule has 0 bridgehead atoms.